The van der Waals surface area contributed by atoms with Crippen LogP contribution in [0.4, 0.5) is 0 Å². The molecule has 1 aromatic heterocycles. The van der Waals surface area contributed by atoms with Crippen LogP contribution in [0.15, 0.2) is 24.3 Å². The van der Waals surface area contributed by atoms with Crippen molar-refractivity contribution in [2.75, 3.05) is 0 Å². The van der Waals surface area contributed by atoms with E-state index in [1.807, 2.05) is 35.9 Å². The fourth-order valence-corrected chi connectivity index (χ4v) is 4.44. The Morgan fingerprint density at radius 1 is 1.33 bits per heavy atom. The number of aromatic nitrogens is 2. The predicted molar refractivity (Wildman–Crippen MR) is 81.7 cm³/mol. The Hall–Kier alpha value is -1.68. The van der Waals surface area contributed by atoms with Gasteiger partial charge < -0.3 is 10.3 Å². The number of ketones is 1. The van der Waals surface area contributed by atoms with Gasteiger partial charge in [-0.2, -0.15) is 0 Å². The fraction of sp³-hybridized carbons (Fsp3) is 0.529. The summed E-state index contributed by atoms with van der Waals surface area (Å²) >= 11 is 0. The summed E-state index contributed by atoms with van der Waals surface area (Å²) in [5.74, 6) is 2.30. The minimum Gasteiger partial charge on any atom is -0.331 e. The zero-order chi connectivity index (χ0) is 14.6. The van der Waals surface area contributed by atoms with Gasteiger partial charge in [0, 0.05) is 19.0 Å². The molecule has 2 aliphatic carbocycles. The van der Waals surface area contributed by atoms with Gasteiger partial charge in [-0.1, -0.05) is 12.1 Å². The molecule has 0 spiro atoms. The first-order valence-corrected chi connectivity index (χ1v) is 7.84. The molecule has 1 aromatic carbocycles. The number of rotatable bonds is 3. The van der Waals surface area contributed by atoms with Gasteiger partial charge in [-0.25, -0.2) is 4.98 Å². The highest BCUT2D eigenvalue weighted by Gasteiger charge is 2.48. The summed E-state index contributed by atoms with van der Waals surface area (Å²) in [6.45, 7) is 0. The van der Waals surface area contributed by atoms with Gasteiger partial charge in [-0.05, 0) is 43.2 Å². The van der Waals surface area contributed by atoms with Crippen molar-refractivity contribution in [2.24, 2.45) is 30.5 Å². The van der Waals surface area contributed by atoms with E-state index >= 15 is 0 Å². The molecule has 2 aliphatic rings. The minimum absolute atomic E-state index is 0.0589. The molecule has 4 heteroatoms. The van der Waals surface area contributed by atoms with Gasteiger partial charge in [0.1, 0.15) is 11.6 Å². The lowest BCUT2D eigenvalue weighted by Crippen LogP contribution is -2.41. The number of aryl methyl sites for hydroxylation is 1. The van der Waals surface area contributed by atoms with E-state index in [0.29, 0.717) is 18.3 Å². The van der Waals surface area contributed by atoms with Crippen LogP contribution in [0.1, 0.15) is 25.1 Å². The Bertz CT molecular complexity index is 703. The van der Waals surface area contributed by atoms with Crippen molar-refractivity contribution in [2.45, 2.75) is 31.7 Å². The van der Waals surface area contributed by atoms with E-state index in [1.165, 1.54) is 12.8 Å². The number of Topliss-reactive ketones (excluding diaryl/α,β-unsaturated/α-hetero) is 1. The fourth-order valence-electron chi connectivity index (χ4n) is 4.44. The average Bonchev–Trinajstić information content (AvgIpc) is 3.14. The smallest absolute Gasteiger partial charge is 0.145 e. The minimum atomic E-state index is 0.0589. The van der Waals surface area contributed by atoms with E-state index in [1.54, 1.807) is 0 Å². The molecule has 2 N–H and O–H groups in total. The molecule has 0 amide bonds. The number of nitrogens with zero attached hydrogens (tertiary/aromatic N) is 2. The SMILES string of the molecule is Cn1c(CC(=O)C2C3CCC(C3)C2N)nc2ccccc21. The molecule has 2 fully saturated rings. The maximum atomic E-state index is 12.7. The third kappa shape index (κ3) is 1.93. The lowest BCUT2D eigenvalue weighted by Gasteiger charge is -2.26. The van der Waals surface area contributed by atoms with Crippen molar-refractivity contribution >= 4 is 16.8 Å². The lowest BCUT2D eigenvalue weighted by atomic mass is 9.81. The van der Waals surface area contributed by atoms with Crippen molar-refractivity contribution in [1.82, 2.24) is 9.55 Å². The summed E-state index contributed by atoms with van der Waals surface area (Å²) in [6, 6.07) is 8.09. The maximum absolute atomic E-state index is 12.7. The molecule has 2 bridgehead atoms. The van der Waals surface area contributed by atoms with Crippen molar-refractivity contribution in [3.63, 3.8) is 0 Å². The first-order valence-electron chi connectivity index (χ1n) is 7.84. The Balaban J connectivity index is 1.60. The molecule has 0 saturated heterocycles. The van der Waals surface area contributed by atoms with E-state index in [0.717, 1.165) is 23.3 Å². The van der Waals surface area contributed by atoms with Crippen LogP contribution in [-0.4, -0.2) is 21.4 Å². The maximum Gasteiger partial charge on any atom is 0.145 e. The van der Waals surface area contributed by atoms with Crippen LogP contribution in [0.3, 0.4) is 0 Å². The van der Waals surface area contributed by atoms with Crippen LogP contribution in [-0.2, 0) is 18.3 Å². The second kappa shape index (κ2) is 4.67. The molecule has 4 atom stereocenters. The summed E-state index contributed by atoms with van der Waals surface area (Å²) in [5, 5.41) is 0. The standard InChI is InChI=1S/C17H21N3O/c1-20-13-5-3-2-4-12(13)19-15(20)9-14(21)16-10-6-7-11(8-10)17(16)18/h2-5,10-11,16-17H,6-9,18H2,1H3. The number of hydrogen-bond donors (Lipinski definition) is 1. The number of carbonyl (C=O) groups excluding carboxylic acids is 1. The van der Waals surface area contributed by atoms with Gasteiger partial charge in [0.2, 0.25) is 0 Å². The first kappa shape index (κ1) is 13.0. The third-order valence-electron chi connectivity index (χ3n) is 5.56. The zero-order valence-corrected chi connectivity index (χ0v) is 12.3. The molecule has 110 valence electrons. The lowest BCUT2D eigenvalue weighted by molar-refractivity contribution is -0.124. The number of carbonyl (C=O) groups is 1. The average molecular weight is 283 g/mol. The number of imidazole rings is 1. The second-order valence-electron chi connectivity index (χ2n) is 6.66. The molecule has 4 unspecified atom stereocenters. The molecule has 4 rings (SSSR count). The molecular weight excluding hydrogens is 262 g/mol. The van der Waals surface area contributed by atoms with Crippen molar-refractivity contribution < 1.29 is 4.79 Å². The largest absolute Gasteiger partial charge is 0.331 e. The molecule has 21 heavy (non-hydrogen) atoms. The highest BCUT2D eigenvalue weighted by atomic mass is 16.1. The molecule has 0 aliphatic heterocycles. The van der Waals surface area contributed by atoms with Crippen LogP contribution in [0, 0.1) is 17.8 Å². The first-order chi connectivity index (χ1) is 10.1. The van der Waals surface area contributed by atoms with E-state index in [4.69, 9.17) is 5.73 Å². The van der Waals surface area contributed by atoms with Gasteiger partial charge in [0.05, 0.1) is 17.5 Å². The van der Waals surface area contributed by atoms with Gasteiger partial charge in [0.15, 0.2) is 0 Å². The molecule has 0 radical (unpaired) electrons. The number of para-hydroxylation sites is 2. The highest BCUT2D eigenvalue weighted by Crippen LogP contribution is 2.48. The summed E-state index contributed by atoms with van der Waals surface area (Å²) < 4.78 is 2.03. The summed E-state index contributed by atoms with van der Waals surface area (Å²) in [6.07, 6.45) is 3.95. The van der Waals surface area contributed by atoms with Crippen LogP contribution in [0.5, 0.6) is 0 Å². The van der Waals surface area contributed by atoms with Gasteiger partial charge in [-0.3, -0.25) is 4.79 Å². The summed E-state index contributed by atoms with van der Waals surface area (Å²) in [7, 11) is 1.98. The quantitative estimate of drug-likeness (QED) is 0.938. The number of benzene rings is 1. The predicted octanol–water partition coefficient (Wildman–Crippen LogP) is 2.06. The highest BCUT2D eigenvalue weighted by molar-refractivity contribution is 5.85. The third-order valence-corrected chi connectivity index (χ3v) is 5.56. The summed E-state index contributed by atoms with van der Waals surface area (Å²) in [5.41, 5.74) is 8.32. The molecule has 4 nitrogen and oxygen atoms in total. The van der Waals surface area contributed by atoms with Crippen molar-refractivity contribution in [1.29, 1.82) is 0 Å². The van der Waals surface area contributed by atoms with E-state index in [-0.39, 0.29) is 17.7 Å². The van der Waals surface area contributed by atoms with Gasteiger partial charge in [-0.15, -0.1) is 0 Å². The topological polar surface area (TPSA) is 60.9 Å². The molecule has 2 aromatic rings. The van der Waals surface area contributed by atoms with Crippen LogP contribution in [0.2, 0.25) is 0 Å². The molecular formula is C17H21N3O. The second-order valence-corrected chi connectivity index (χ2v) is 6.66. The number of nitrogens with two attached hydrogens (primary N) is 1. The Labute approximate surface area is 124 Å². The van der Waals surface area contributed by atoms with Crippen molar-refractivity contribution in [3.8, 4) is 0 Å². The van der Waals surface area contributed by atoms with Crippen LogP contribution >= 0.6 is 0 Å². The monoisotopic (exact) mass is 283 g/mol. The number of hydrogen-bond acceptors (Lipinski definition) is 3. The number of fused-ring (bicyclic) bond motifs is 3. The van der Waals surface area contributed by atoms with Crippen molar-refractivity contribution in [3.05, 3.63) is 30.1 Å². The van der Waals surface area contributed by atoms with E-state index in [9.17, 15) is 4.79 Å². The van der Waals surface area contributed by atoms with Crippen LogP contribution < -0.4 is 5.73 Å². The van der Waals surface area contributed by atoms with E-state index < -0.39 is 0 Å². The Morgan fingerprint density at radius 2 is 2.10 bits per heavy atom. The normalized spacial score (nSPS) is 31.1. The van der Waals surface area contributed by atoms with Gasteiger partial charge in [0.25, 0.3) is 0 Å². The Morgan fingerprint density at radius 3 is 2.81 bits per heavy atom. The zero-order valence-electron chi connectivity index (χ0n) is 12.3. The molecule has 1 heterocycles. The molecule has 2 saturated carbocycles. The Kier molecular flexibility index (Phi) is 2.89. The van der Waals surface area contributed by atoms with E-state index in [2.05, 4.69) is 4.98 Å². The summed E-state index contributed by atoms with van der Waals surface area (Å²) in [4.78, 5) is 17.3. The van der Waals surface area contributed by atoms with Crippen LogP contribution in [0.25, 0.3) is 11.0 Å². The van der Waals surface area contributed by atoms with Gasteiger partial charge >= 0.3 is 0 Å².